The number of likely N-dealkylation sites (tertiary alicyclic amines) is 1. The van der Waals surface area contributed by atoms with Crippen molar-refractivity contribution in [1.82, 2.24) is 4.90 Å². The highest BCUT2D eigenvalue weighted by atomic mass is 16.4. The van der Waals surface area contributed by atoms with Crippen molar-refractivity contribution < 1.29 is 24.3 Å². The highest BCUT2D eigenvalue weighted by Gasteiger charge is 2.42. The van der Waals surface area contributed by atoms with Crippen molar-refractivity contribution in [3.05, 3.63) is 0 Å². The zero-order chi connectivity index (χ0) is 12.5. The molecule has 0 saturated carbocycles. The van der Waals surface area contributed by atoms with Gasteiger partial charge in [0.25, 0.3) is 0 Å². The van der Waals surface area contributed by atoms with Gasteiger partial charge in [0.15, 0.2) is 5.78 Å². The molecule has 1 heterocycles. The van der Waals surface area contributed by atoms with Crippen molar-refractivity contribution >= 4 is 23.6 Å². The van der Waals surface area contributed by atoms with Crippen LogP contribution >= 0.6 is 0 Å². The maximum absolute atomic E-state index is 11.6. The number of rotatable bonds is 4. The SMILES string of the molecule is CC(=O)[C@H](CC(=O)O)N1C(=O)CC(C)C1=O. The van der Waals surface area contributed by atoms with Gasteiger partial charge in [0.1, 0.15) is 6.04 Å². The van der Waals surface area contributed by atoms with Gasteiger partial charge in [0.2, 0.25) is 11.8 Å². The van der Waals surface area contributed by atoms with Crippen LogP contribution in [0.5, 0.6) is 0 Å². The second kappa shape index (κ2) is 4.42. The summed E-state index contributed by atoms with van der Waals surface area (Å²) in [5.74, 6) is -3.10. The molecule has 0 bridgehead atoms. The molecule has 1 unspecified atom stereocenters. The highest BCUT2D eigenvalue weighted by molar-refractivity contribution is 6.07. The van der Waals surface area contributed by atoms with E-state index >= 15 is 0 Å². The van der Waals surface area contributed by atoms with Crippen LogP contribution in [0.2, 0.25) is 0 Å². The largest absolute Gasteiger partial charge is 0.481 e. The number of imide groups is 1. The van der Waals surface area contributed by atoms with Gasteiger partial charge in [-0.1, -0.05) is 6.92 Å². The number of carboxylic acids is 1. The number of hydrogen-bond acceptors (Lipinski definition) is 4. The molecule has 0 aliphatic carbocycles. The van der Waals surface area contributed by atoms with Crippen LogP contribution in [0, 0.1) is 5.92 Å². The number of amides is 2. The van der Waals surface area contributed by atoms with Gasteiger partial charge in [-0.15, -0.1) is 0 Å². The topological polar surface area (TPSA) is 91.8 Å². The molecule has 1 rings (SSSR count). The Balaban J connectivity index is 2.94. The zero-order valence-corrected chi connectivity index (χ0v) is 9.10. The Morgan fingerprint density at radius 3 is 2.38 bits per heavy atom. The lowest BCUT2D eigenvalue weighted by Gasteiger charge is -2.22. The van der Waals surface area contributed by atoms with Crippen LogP contribution in [0.25, 0.3) is 0 Å². The van der Waals surface area contributed by atoms with E-state index in [2.05, 4.69) is 0 Å². The molecule has 2 amide bonds. The number of aliphatic carboxylic acids is 1. The molecular formula is C10H13NO5. The first kappa shape index (κ1) is 12.4. The van der Waals surface area contributed by atoms with Crippen molar-refractivity contribution in [3.63, 3.8) is 0 Å². The summed E-state index contributed by atoms with van der Waals surface area (Å²) in [6.45, 7) is 2.76. The van der Waals surface area contributed by atoms with E-state index in [1.807, 2.05) is 0 Å². The van der Waals surface area contributed by atoms with Gasteiger partial charge in [-0.25, -0.2) is 0 Å². The number of hydrogen-bond donors (Lipinski definition) is 1. The molecule has 0 aromatic rings. The second-order valence-electron chi connectivity index (χ2n) is 3.93. The number of carbonyl (C=O) groups excluding carboxylic acids is 3. The quantitative estimate of drug-likeness (QED) is 0.672. The third kappa shape index (κ3) is 2.26. The predicted octanol–water partition coefficient (Wildman–Crippen LogP) is -0.186. The van der Waals surface area contributed by atoms with Crippen LogP contribution in [0.4, 0.5) is 0 Å². The average molecular weight is 227 g/mol. The molecule has 6 heteroatoms. The lowest BCUT2D eigenvalue weighted by molar-refractivity contribution is -0.149. The molecule has 88 valence electrons. The molecule has 6 nitrogen and oxygen atoms in total. The molecule has 2 atom stereocenters. The van der Waals surface area contributed by atoms with E-state index in [9.17, 15) is 19.2 Å². The van der Waals surface area contributed by atoms with E-state index in [-0.39, 0.29) is 6.42 Å². The maximum atomic E-state index is 11.6. The molecule has 0 spiro atoms. The first-order valence-corrected chi connectivity index (χ1v) is 4.92. The standard InChI is InChI=1S/C10H13NO5/c1-5-3-8(13)11(10(5)16)7(6(2)12)4-9(14)15/h5,7H,3-4H2,1-2H3,(H,14,15)/t5?,7-/m0/s1. The monoisotopic (exact) mass is 227 g/mol. The van der Waals surface area contributed by atoms with Crippen molar-refractivity contribution in [3.8, 4) is 0 Å². The maximum Gasteiger partial charge on any atom is 0.305 e. The summed E-state index contributed by atoms with van der Waals surface area (Å²) in [5, 5.41) is 8.63. The Kier molecular flexibility index (Phi) is 3.41. The Morgan fingerprint density at radius 1 is 1.50 bits per heavy atom. The number of carboxylic acid groups (broad SMARTS) is 1. The van der Waals surface area contributed by atoms with Crippen LogP contribution in [0.1, 0.15) is 26.7 Å². The molecule has 1 N–H and O–H groups in total. The van der Waals surface area contributed by atoms with Crippen LogP contribution < -0.4 is 0 Å². The van der Waals surface area contributed by atoms with Crippen LogP contribution in [0.15, 0.2) is 0 Å². The lowest BCUT2D eigenvalue weighted by Crippen LogP contribution is -2.45. The first-order valence-electron chi connectivity index (χ1n) is 4.92. The van der Waals surface area contributed by atoms with Gasteiger partial charge < -0.3 is 5.11 Å². The fourth-order valence-electron chi connectivity index (χ4n) is 1.72. The molecule has 1 aliphatic rings. The van der Waals surface area contributed by atoms with E-state index in [0.29, 0.717) is 0 Å². The van der Waals surface area contributed by atoms with E-state index in [0.717, 1.165) is 4.90 Å². The Labute approximate surface area is 92.2 Å². The van der Waals surface area contributed by atoms with Gasteiger partial charge >= 0.3 is 5.97 Å². The lowest BCUT2D eigenvalue weighted by atomic mass is 10.1. The van der Waals surface area contributed by atoms with E-state index in [1.165, 1.54) is 6.92 Å². The van der Waals surface area contributed by atoms with Crippen molar-refractivity contribution in [1.29, 1.82) is 0 Å². The van der Waals surface area contributed by atoms with Gasteiger partial charge in [-0.05, 0) is 6.92 Å². The minimum atomic E-state index is -1.21. The van der Waals surface area contributed by atoms with Crippen molar-refractivity contribution in [2.24, 2.45) is 5.92 Å². The van der Waals surface area contributed by atoms with Crippen LogP contribution in [-0.2, 0) is 19.2 Å². The fourth-order valence-corrected chi connectivity index (χ4v) is 1.72. The van der Waals surface area contributed by atoms with Gasteiger partial charge in [-0.3, -0.25) is 24.1 Å². The molecule has 0 aromatic heterocycles. The minimum Gasteiger partial charge on any atom is -0.481 e. The van der Waals surface area contributed by atoms with Gasteiger partial charge in [-0.2, -0.15) is 0 Å². The Morgan fingerprint density at radius 2 is 2.06 bits per heavy atom. The average Bonchev–Trinajstić information content (AvgIpc) is 2.38. The normalized spacial score (nSPS) is 22.4. The summed E-state index contributed by atoms with van der Waals surface area (Å²) in [7, 11) is 0. The molecule has 0 radical (unpaired) electrons. The minimum absolute atomic E-state index is 0.0439. The smallest absolute Gasteiger partial charge is 0.305 e. The van der Waals surface area contributed by atoms with Crippen LogP contribution in [-0.4, -0.2) is 39.6 Å². The third-order valence-corrected chi connectivity index (χ3v) is 2.56. The molecule has 0 aromatic carbocycles. The third-order valence-electron chi connectivity index (χ3n) is 2.56. The van der Waals surface area contributed by atoms with Crippen molar-refractivity contribution in [2.75, 3.05) is 0 Å². The molecule has 16 heavy (non-hydrogen) atoms. The fraction of sp³-hybridized carbons (Fsp3) is 0.600. The summed E-state index contributed by atoms with van der Waals surface area (Å²) >= 11 is 0. The first-order chi connectivity index (χ1) is 7.34. The highest BCUT2D eigenvalue weighted by Crippen LogP contribution is 2.23. The summed E-state index contributed by atoms with van der Waals surface area (Å²) in [5.41, 5.74) is 0. The zero-order valence-electron chi connectivity index (χ0n) is 9.10. The Bertz CT molecular complexity index is 362. The number of nitrogens with zero attached hydrogens (tertiary/aromatic N) is 1. The van der Waals surface area contributed by atoms with Gasteiger partial charge in [0.05, 0.1) is 6.42 Å². The molecule has 1 aliphatic heterocycles. The van der Waals surface area contributed by atoms with E-state index in [1.54, 1.807) is 6.92 Å². The summed E-state index contributed by atoms with van der Waals surface area (Å²) in [4.78, 5) is 45.7. The van der Waals surface area contributed by atoms with E-state index in [4.69, 9.17) is 5.11 Å². The van der Waals surface area contributed by atoms with Crippen LogP contribution in [0.3, 0.4) is 0 Å². The van der Waals surface area contributed by atoms with Gasteiger partial charge in [0, 0.05) is 12.3 Å². The Hall–Kier alpha value is -1.72. The summed E-state index contributed by atoms with van der Waals surface area (Å²) < 4.78 is 0. The second-order valence-corrected chi connectivity index (χ2v) is 3.93. The summed E-state index contributed by atoms with van der Waals surface area (Å²) in [6, 6.07) is -1.16. The molecule has 1 fully saturated rings. The molecular weight excluding hydrogens is 214 g/mol. The summed E-state index contributed by atoms with van der Waals surface area (Å²) in [6.07, 6.45) is -0.484. The number of ketones is 1. The molecule has 1 saturated heterocycles. The van der Waals surface area contributed by atoms with Crippen molar-refractivity contribution in [2.45, 2.75) is 32.7 Å². The van der Waals surface area contributed by atoms with E-state index < -0.39 is 41.9 Å². The number of carbonyl (C=O) groups is 4. The predicted molar refractivity (Wildman–Crippen MR) is 52.4 cm³/mol. The number of Topliss-reactive ketones (excluding diaryl/α,β-unsaturated/α-hetero) is 1.